The summed E-state index contributed by atoms with van der Waals surface area (Å²) < 4.78 is 0. The zero-order valence-electron chi connectivity index (χ0n) is 9.97. The van der Waals surface area contributed by atoms with Gasteiger partial charge in [0.2, 0.25) is 5.91 Å². The second-order valence-corrected chi connectivity index (χ2v) is 5.60. The number of hydrogen-bond acceptors (Lipinski definition) is 1. The van der Waals surface area contributed by atoms with Crippen LogP contribution in [0, 0.1) is 11.3 Å². The quantitative estimate of drug-likeness (QED) is 0.666. The van der Waals surface area contributed by atoms with Crippen molar-refractivity contribution < 1.29 is 4.79 Å². The molecular weight excluding hydrogens is 174 g/mol. The average molecular weight is 197 g/mol. The van der Waals surface area contributed by atoms with Crippen LogP contribution in [0.5, 0.6) is 0 Å². The molecule has 2 nitrogen and oxygen atoms in total. The number of piperidine rings is 1. The Kier molecular flexibility index (Phi) is 3.57. The van der Waals surface area contributed by atoms with Crippen LogP contribution in [0.4, 0.5) is 0 Å². The summed E-state index contributed by atoms with van der Waals surface area (Å²) in [6.07, 6.45) is 3.08. The molecule has 82 valence electrons. The minimum Gasteiger partial charge on any atom is -0.343 e. The van der Waals surface area contributed by atoms with E-state index in [1.54, 1.807) is 0 Å². The second-order valence-electron chi connectivity index (χ2n) is 5.60. The van der Waals surface area contributed by atoms with Gasteiger partial charge in [0.05, 0.1) is 0 Å². The second kappa shape index (κ2) is 4.33. The van der Waals surface area contributed by atoms with Gasteiger partial charge < -0.3 is 4.90 Å². The van der Waals surface area contributed by atoms with Crippen molar-refractivity contribution in [3.8, 4) is 0 Å². The molecule has 0 spiro atoms. The first-order valence-corrected chi connectivity index (χ1v) is 5.70. The first-order chi connectivity index (χ1) is 6.42. The van der Waals surface area contributed by atoms with Crippen molar-refractivity contribution >= 4 is 5.91 Å². The molecule has 1 aliphatic rings. The largest absolute Gasteiger partial charge is 0.343 e. The predicted octanol–water partition coefficient (Wildman–Crippen LogP) is 2.68. The topological polar surface area (TPSA) is 20.3 Å². The first kappa shape index (κ1) is 11.5. The molecule has 0 aromatic heterocycles. The number of likely N-dealkylation sites (tertiary alicyclic amines) is 1. The zero-order chi connectivity index (χ0) is 10.8. The molecule has 1 heterocycles. The van der Waals surface area contributed by atoms with Crippen molar-refractivity contribution in [2.24, 2.45) is 11.3 Å². The van der Waals surface area contributed by atoms with Gasteiger partial charge in [-0.25, -0.2) is 0 Å². The Hall–Kier alpha value is -0.530. The summed E-state index contributed by atoms with van der Waals surface area (Å²) in [6, 6.07) is 0. The fourth-order valence-corrected chi connectivity index (χ4v) is 2.33. The van der Waals surface area contributed by atoms with Crippen molar-refractivity contribution in [1.82, 2.24) is 4.90 Å². The van der Waals surface area contributed by atoms with Gasteiger partial charge in [-0.3, -0.25) is 4.79 Å². The summed E-state index contributed by atoms with van der Waals surface area (Å²) in [4.78, 5) is 13.5. The van der Waals surface area contributed by atoms with E-state index in [-0.39, 0.29) is 0 Å². The number of carbonyl (C=O) groups excluding carboxylic acids is 1. The minimum absolute atomic E-state index is 0.345. The van der Waals surface area contributed by atoms with Crippen molar-refractivity contribution in [1.29, 1.82) is 0 Å². The van der Waals surface area contributed by atoms with Gasteiger partial charge in [0.15, 0.2) is 0 Å². The molecule has 14 heavy (non-hydrogen) atoms. The Morgan fingerprint density at radius 2 is 2.07 bits per heavy atom. The molecule has 0 aromatic rings. The van der Waals surface area contributed by atoms with E-state index in [1.165, 1.54) is 6.42 Å². The number of rotatable bonds is 2. The van der Waals surface area contributed by atoms with E-state index in [1.807, 2.05) is 4.90 Å². The van der Waals surface area contributed by atoms with Crippen LogP contribution in [-0.4, -0.2) is 23.9 Å². The maximum Gasteiger partial charge on any atom is 0.222 e. The fourth-order valence-electron chi connectivity index (χ4n) is 2.33. The highest BCUT2D eigenvalue weighted by molar-refractivity contribution is 5.76. The molecule has 1 saturated heterocycles. The van der Waals surface area contributed by atoms with Gasteiger partial charge in [-0.1, -0.05) is 20.8 Å². The van der Waals surface area contributed by atoms with Crippen LogP contribution in [0.2, 0.25) is 0 Å². The molecule has 1 aliphatic heterocycles. The standard InChI is InChI=1S/C12H23NO/c1-5-13-9-10(6-7-11(13)14)8-12(2,3)4/h10H,5-9H2,1-4H3. The van der Waals surface area contributed by atoms with Gasteiger partial charge in [-0.2, -0.15) is 0 Å². The van der Waals surface area contributed by atoms with Crippen LogP contribution < -0.4 is 0 Å². The lowest BCUT2D eigenvalue weighted by Gasteiger charge is -2.35. The fraction of sp³-hybridized carbons (Fsp3) is 0.917. The van der Waals surface area contributed by atoms with Gasteiger partial charge in [0.1, 0.15) is 0 Å². The molecule has 0 bridgehead atoms. The lowest BCUT2D eigenvalue weighted by molar-refractivity contribution is -0.134. The molecule has 1 atom stereocenters. The van der Waals surface area contributed by atoms with Gasteiger partial charge >= 0.3 is 0 Å². The molecule has 0 radical (unpaired) electrons. The van der Waals surface area contributed by atoms with Crippen LogP contribution in [0.15, 0.2) is 0 Å². The maximum absolute atomic E-state index is 11.5. The highest BCUT2D eigenvalue weighted by Gasteiger charge is 2.27. The van der Waals surface area contributed by atoms with Gasteiger partial charge in [0.25, 0.3) is 0 Å². The molecule has 1 fully saturated rings. The third kappa shape index (κ3) is 3.32. The normalized spacial score (nSPS) is 24.1. The Bertz CT molecular complexity index is 205. The summed E-state index contributed by atoms with van der Waals surface area (Å²) in [5.74, 6) is 1.06. The molecule has 0 saturated carbocycles. The third-order valence-electron chi connectivity index (χ3n) is 2.88. The predicted molar refractivity (Wildman–Crippen MR) is 59.1 cm³/mol. The van der Waals surface area contributed by atoms with Crippen LogP contribution >= 0.6 is 0 Å². The molecule has 1 amide bonds. The highest BCUT2D eigenvalue weighted by atomic mass is 16.2. The Balaban J connectivity index is 2.47. The lowest BCUT2D eigenvalue weighted by Crippen LogP contribution is -2.40. The van der Waals surface area contributed by atoms with Crippen molar-refractivity contribution in [2.45, 2.75) is 47.0 Å². The summed E-state index contributed by atoms with van der Waals surface area (Å²) in [5.41, 5.74) is 0.393. The van der Waals surface area contributed by atoms with Gasteiger partial charge in [-0.05, 0) is 31.1 Å². The summed E-state index contributed by atoms with van der Waals surface area (Å²) in [5, 5.41) is 0. The summed E-state index contributed by atoms with van der Waals surface area (Å²) >= 11 is 0. The molecule has 2 heteroatoms. The number of hydrogen-bond donors (Lipinski definition) is 0. The van der Waals surface area contributed by atoms with E-state index < -0.39 is 0 Å². The first-order valence-electron chi connectivity index (χ1n) is 5.70. The van der Waals surface area contributed by atoms with E-state index in [2.05, 4.69) is 27.7 Å². The maximum atomic E-state index is 11.5. The number of carbonyl (C=O) groups is 1. The Morgan fingerprint density at radius 1 is 1.43 bits per heavy atom. The monoisotopic (exact) mass is 197 g/mol. The molecule has 0 aromatic carbocycles. The molecule has 1 unspecified atom stereocenters. The van der Waals surface area contributed by atoms with Crippen LogP contribution in [-0.2, 0) is 4.79 Å². The Morgan fingerprint density at radius 3 is 2.57 bits per heavy atom. The van der Waals surface area contributed by atoms with Crippen LogP contribution in [0.25, 0.3) is 0 Å². The van der Waals surface area contributed by atoms with Gasteiger partial charge in [-0.15, -0.1) is 0 Å². The molecule has 0 aliphatic carbocycles. The molecular formula is C12H23NO. The van der Waals surface area contributed by atoms with E-state index in [9.17, 15) is 4.79 Å². The van der Waals surface area contributed by atoms with Crippen molar-refractivity contribution in [3.63, 3.8) is 0 Å². The lowest BCUT2D eigenvalue weighted by atomic mass is 9.81. The summed E-state index contributed by atoms with van der Waals surface area (Å²) in [7, 11) is 0. The average Bonchev–Trinajstić information content (AvgIpc) is 2.06. The van der Waals surface area contributed by atoms with E-state index in [4.69, 9.17) is 0 Å². The third-order valence-corrected chi connectivity index (χ3v) is 2.88. The Labute approximate surface area is 87.7 Å². The van der Waals surface area contributed by atoms with Gasteiger partial charge in [0, 0.05) is 19.5 Å². The van der Waals surface area contributed by atoms with Crippen LogP contribution in [0.3, 0.4) is 0 Å². The zero-order valence-corrected chi connectivity index (χ0v) is 9.97. The number of nitrogens with zero attached hydrogens (tertiary/aromatic N) is 1. The van der Waals surface area contributed by atoms with Crippen molar-refractivity contribution in [3.05, 3.63) is 0 Å². The highest BCUT2D eigenvalue weighted by Crippen LogP contribution is 2.30. The molecule has 0 N–H and O–H groups in total. The van der Waals surface area contributed by atoms with Crippen LogP contribution in [0.1, 0.15) is 47.0 Å². The SMILES string of the molecule is CCN1CC(CC(C)(C)C)CCC1=O. The number of amides is 1. The van der Waals surface area contributed by atoms with E-state index in [0.29, 0.717) is 17.2 Å². The smallest absolute Gasteiger partial charge is 0.222 e. The summed E-state index contributed by atoms with van der Waals surface area (Å²) in [6.45, 7) is 10.8. The van der Waals surface area contributed by atoms with E-state index in [0.717, 1.165) is 25.9 Å². The van der Waals surface area contributed by atoms with E-state index >= 15 is 0 Å². The minimum atomic E-state index is 0.345. The molecule has 1 rings (SSSR count). The van der Waals surface area contributed by atoms with Crippen molar-refractivity contribution in [2.75, 3.05) is 13.1 Å².